The summed E-state index contributed by atoms with van der Waals surface area (Å²) in [7, 11) is 1.74. The fourth-order valence-corrected chi connectivity index (χ4v) is 2.11. The molecule has 2 rings (SSSR count). The highest BCUT2D eigenvalue weighted by Gasteiger charge is 2.18. The van der Waals surface area contributed by atoms with Gasteiger partial charge < -0.3 is 16.0 Å². The van der Waals surface area contributed by atoms with Crippen LogP contribution in [0.15, 0.2) is 23.3 Å². The molecule has 2 heterocycles. The molecule has 0 aromatic carbocycles. The summed E-state index contributed by atoms with van der Waals surface area (Å²) in [6, 6.07) is 4.19. The first kappa shape index (κ1) is 14.3. The summed E-state index contributed by atoms with van der Waals surface area (Å²) < 4.78 is 0. The molecule has 0 bridgehead atoms. The van der Waals surface area contributed by atoms with Crippen molar-refractivity contribution in [3.63, 3.8) is 0 Å². The molecular formula is C14H21N5O. The smallest absolute Gasteiger partial charge is 0.220 e. The molecule has 1 aliphatic rings. The van der Waals surface area contributed by atoms with Crippen LogP contribution < -0.4 is 16.0 Å². The van der Waals surface area contributed by atoms with Crippen molar-refractivity contribution in [1.29, 1.82) is 0 Å². The Hall–Kier alpha value is -2.11. The van der Waals surface area contributed by atoms with Gasteiger partial charge in [-0.15, -0.1) is 0 Å². The standard InChI is InChI=1S/C14H21N5O/c1-10-4-3-7-16-12(10)9-18-14(15-2)19-11-5-6-13(20)17-8-11/h3-4,7,11H,5-6,8-9H2,1-2H3,(H,17,20)(H2,15,18,19). The minimum atomic E-state index is 0.120. The Morgan fingerprint density at radius 1 is 1.60 bits per heavy atom. The summed E-state index contributed by atoms with van der Waals surface area (Å²) in [6.07, 6.45) is 3.18. The monoisotopic (exact) mass is 275 g/mol. The molecule has 20 heavy (non-hydrogen) atoms. The molecule has 1 saturated heterocycles. The molecule has 1 fully saturated rings. The van der Waals surface area contributed by atoms with Crippen molar-refractivity contribution in [2.45, 2.75) is 32.4 Å². The number of piperidine rings is 1. The van der Waals surface area contributed by atoms with Gasteiger partial charge in [-0.1, -0.05) is 6.07 Å². The zero-order valence-corrected chi connectivity index (χ0v) is 11.9. The van der Waals surface area contributed by atoms with Crippen molar-refractivity contribution in [1.82, 2.24) is 20.9 Å². The molecule has 1 aliphatic heterocycles. The maximum Gasteiger partial charge on any atom is 0.220 e. The zero-order valence-electron chi connectivity index (χ0n) is 11.9. The number of hydrogen-bond acceptors (Lipinski definition) is 3. The highest BCUT2D eigenvalue weighted by molar-refractivity contribution is 5.81. The van der Waals surface area contributed by atoms with Crippen LogP contribution >= 0.6 is 0 Å². The van der Waals surface area contributed by atoms with E-state index >= 15 is 0 Å². The lowest BCUT2D eigenvalue weighted by molar-refractivity contribution is -0.122. The lowest BCUT2D eigenvalue weighted by Gasteiger charge is -2.25. The van der Waals surface area contributed by atoms with E-state index in [2.05, 4.69) is 25.9 Å². The predicted octanol–water partition coefficient (Wildman–Crippen LogP) is 0.334. The Bertz CT molecular complexity index is 490. The van der Waals surface area contributed by atoms with E-state index in [0.717, 1.165) is 23.6 Å². The van der Waals surface area contributed by atoms with Crippen LogP contribution in [0, 0.1) is 6.92 Å². The first-order valence-electron chi connectivity index (χ1n) is 6.83. The number of pyridine rings is 1. The number of aliphatic imine (C=N–C) groups is 1. The van der Waals surface area contributed by atoms with Crippen molar-refractivity contribution in [2.24, 2.45) is 4.99 Å². The quantitative estimate of drug-likeness (QED) is 0.549. The van der Waals surface area contributed by atoms with Gasteiger partial charge >= 0.3 is 0 Å². The van der Waals surface area contributed by atoms with Gasteiger partial charge in [0, 0.05) is 32.3 Å². The third-order valence-corrected chi connectivity index (χ3v) is 3.37. The second-order valence-corrected chi connectivity index (χ2v) is 4.88. The maximum absolute atomic E-state index is 11.1. The minimum Gasteiger partial charge on any atom is -0.354 e. The molecule has 1 atom stereocenters. The van der Waals surface area contributed by atoms with Gasteiger partial charge in [0.2, 0.25) is 5.91 Å². The number of hydrogen-bond donors (Lipinski definition) is 3. The molecule has 108 valence electrons. The third-order valence-electron chi connectivity index (χ3n) is 3.37. The minimum absolute atomic E-state index is 0.120. The Kier molecular flexibility index (Phi) is 4.92. The average molecular weight is 275 g/mol. The number of rotatable bonds is 3. The summed E-state index contributed by atoms with van der Waals surface area (Å²) in [5, 5.41) is 9.41. The van der Waals surface area contributed by atoms with Crippen molar-refractivity contribution < 1.29 is 4.79 Å². The number of carbonyl (C=O) groups is 1. The first-order chi connectivity index (χ1) is 9.69. The summed E-state index contributed by atoms with van der Waals surface area (Å²) in [5.74, 6) is 0.853. The number of nitrogens with one attached hydrogen (secondary N) is 3. The number of guanidine groups is 1. The molecule has 0 saturated carbocycles. The molecule has 0 radical (unpaired) electrons. The topological polar surface area (TPSA) is 78.4 Å². The van der Waals surface area contributed by atoms with Gasteiger partial charge in [-0.05, 0) is 25.0 Å². The van der Waals surface area contributed by atoms with Crippen LogP contribution in [0.4, 0.5) is 0 Å². The van der Waals surface area contributed by atoms with Crippen molar-refractivity contribution in [3.8, 4) is 0 Å². The van der Waals surface area contributed by atoms with Gasteiger partial charge in [-0.3, -0.25) is 14.8 Å². The van der Waals surface area contributed by atoms with Crippen LogP contribution in [0.3, 0.4) is 0 Å². The number of amides is 1. The van der Waals surface area contributed by atoms with Gasteiger partial charge in [0.1, 0.15) is 0 Å². The summed E-state index contributed by atoms with van der Waals surface area (Å²) >= 11 is 0. The van der Waals surface area contributed by atoms with Crippen LogP contribution in [0.2, 0.25) is 0 Å². The molecule has 0 aliphatic carbocycles. The second kappa shape index (κ2) is 6.88. The van der Waals surface area contributed by atoms with E-state index in [-0.39, 0.29) is 11.9 Å². The van der Waals surface area contributed by atoms with Crippen molar-refractivity contribution >= 4 is 11.9 Å². The van der Waals surface area contributed by atoms with Gasteiger partial charge in [-0.25, -0.2) is 0 Å². The highest BCUT2D eigenvalue weighted by atomic mass is 16.1. The molecule has 3 N–H and O–H groups in total. The predicted molar refractivity (Wildman–Crippen MR) is 78.3 cm³/mol. The molecule has 6 nitrogen and oxygen atoms in total. The molecule has 1 aromatic rings. The van der Waals surface area contributed by atoms with Gasteiger partial charge in [-0.2, -0.15) is 0 Å². The molecule has 1 amide bonds. The van der Waals surface area contributed by atoms with E-state index in [1.54, 1.807) is 13.2 Å². The van der Waals surface area contributed by atoms with Crippen molar-refractivity contribution in [3.05, 3.63) is 29.6 Å². The highest BCUT2D eigenvalue weighted by Crippen LogP contribution is 2.04. The van der Waals surface area contributed by atoms with E-state index in [4.69, 9.17) is 0 Å². The molecule has 6 heteroatoms. The summed E-state index contributed by atoms with van der Waals surface area (Å²) in [5.41, 5.74) is 2.16. The summed E-state index contributed by atoms with van der Waals surface area (Å²) in [6.45, 7) is 3.31. The number of nitrogens with zero attached hydrogens (tertiary/aromatic N) is 2. The second-order valence-electron chi connectivity index (χ2n) is 4.88. The van der Waals surface area contributed by atoms with Crippen LogP contribution in [-0.2, 0) is 11.3 Å². The van der Waals surface area contributed by atoms with Crippen molar-refractivity contribution in [2.75, 3.05) is 13.6 Å². The van der Waals surface area contributed by atoms with Gasteiger partial charge in [0.25, 0.3) is 0 Å². The Balaban J connectivity index is 1.84. The number of aromatic nitrogens is 1. The lowest BCUT2D eigenvalue weighted by atomic mass is 10.1. The third kappa shape index (κ3) is 3.94. The van der Waals surface area contributed by atoms with Crippen LogP contribution in [0.5, 0.6) is 0 Å². The van der Waals surface area contributed by atoms with E-state index in [1.807, 2.05) is 19.1 Å². The first-order valence-corrected chi connectivity index (χ1v) is 6.83. The molecule has 1 aromatic heterocycles. The van der Waals surface area contributed by atoms with E-state index in [9.17, 15) is 4.79 Å². The SMILES string of the molecule is CN=C(NCc1ncccc1C)NC1CCC(=O)NC1. The van der Waals surface area contributed by atoms with E-state index < -0.39 is 0 Å². The Labute approximate surface area is 119 Å². The molecular weight excluding hydrogens is 254 g/mol. The lowest BCUT2D eigenvalue weighted by Crippen LogP contribution is -2.51. The Morgan fingerprint density at radius 3 is 3.10 bits per heavy atom. The normalized spacial score (nSPS) is 19.4. The van der Waals surface area contributed by atoms with Gasteiger partial charge in [0.15, 0.2) is 5.96 Å². The fourth-order valence-electron chi connectivity index (χ4n) is 2.11. The van der Waals surface area contributed by atoms with Crippen LogP contribution in [-0.4, -0.2) is 36.5 Å². The fraction of sp³-hybridized carbons (Fsp3) is 0.500. The average Bonchev–Trinajstić information content (AvgIpc) is 2.47. The molecule has 0 spiro atoms. The number of carbonyl (C=O) groups excluding carboxylic acids is 1. The maximum atomic E-state index is 11.1. The molecule has 1 unspecified atom stereocenters. The van der Waals surface area contributed by atoms with E-state index in [1.165, 1.54) is 0 Å². The van der Waals surface area contributed by atoms with Crippen LogP contribution in [0.25, 0.3) is 0 Å². The number of aryl methyl sites for hydroxylation is 1. The zero-order chi connectivity index (χ0) is 14.4. The van der Waals surface area contributed by atoms with Crippen LogP contribution in [0.1, 0.15) is 24.1 Å². The summed E-state index contributed by atoms with van der Waals surface area (Å²) in [4.78, 5) is 19.7. The largest absolute Gasteiger partial charge is 0.354 e. The van der Waals surface area contributed by atoms with E-state index in [0.29, 0.717) is 19.5 Å². The Morgan fingerprint density at radius 2 is 2.45 bits per heavy atom. The van der Waals surface area contributed by atoms with Gasteiger partial charge in [0.05, 0.1) is 12.2 Å².